The molecule has 0 aromatic rings. The third-order valence-electron chi connectivity index (χ3n) is 5.76. The van der Waals surface area contributed by atoms with Crippen molar-refractivity contribution in [3.05, 3.63) is 0 Å². The van der Waals surface area contributed by atoms with Crippen LogP contribution in [-0.4, -0.2) is 97.3 Å². The molecule has 2 saturated heterocycles. The summed E-state index contributed by atoms with van der Waals surface area (Å²) in [6, 6.07) is 0.0699. The molecule has 1 atom stereocenters. The maximum Gasteiger partial charge on any atom is 0.334 e. The van der Waals surface area contributed by atoms with Crippen LogP contribution in [0.1, 0.15) is 39.5 Å². The molecule has 11 nitrogen and oxygen atoms in total. The molecule has 4 amide bonds. The summed E-state index contributed by atoms with van der Waals surface area (Å²) in [5, 5.41) is 5.86. The number of hydrogen-bond donors (Lipinski definition) is 2. The number of imide groups is 1. The van der Waals surface area contributed by atoms with Gasteiger partial charge in [-0.05, 0) is 27.9 Å². The van der Waals surface area contributed by atoms with E-state index in [2.05, 4.69) is 20.4 Å². The van der Waals surface area contributed by atoms with E-state index in [9.17, 15) is 24.0 Å². The molecular weight excluding hydrogens is 414 g/mol. The first-order valence-electron chi connectivity index (χ1n) is 10.5. The van der Waals surface area contributed by atoms with Crippen LogP contribution in [0.2, 0.25) is 0 Å². The highest BCUT2D eigenvalue weighted by molar-refractivity contribution is 6.01. The monoisotopic (exact) mass is 447 g/mol. The molecule has 31 heavy (non-hydrogen) atoms. The highest BCUT2D eigenvalue weighted by atomic mass is 16.8. The van der Waals surface area contributed by atoms with E-state index in [1.54, 1.807) is 0 Å². The van der Waals surface area contributed by atoms with E-state index in [1.807, 2.05) is 27.9 Å². The van der Waals surface area contributed by atoms with Crippen molar-refractivity contribution < 1.29 is 28.8 Å². The van der Waals surface area contributed by atoms with Gasteiger partial charge in [0.15, 0.2) is 0 Å². The zero-order chi connectivity index (χ0) is 23.2. The first-order chi connectivity index (χ1) is 14.5. The van der Waals surface area contributed by atoms with E-state index in [0.717, 1.165) is 19.6 Å². The SMILES string of the molecule is CC(C)(C(=O)NCCC(=O)[15NH]C[13CH2][13C](=O)ON1C(=O)CCC1=O)[13CH]1[13CH2]N([13CH3])C[13CH2]N1[13CH3]. The van der Waals surface area contributed by atoms with E-state index in [-0.39, 0.29) is 56.6 Å². The molecule has 2 aliphatic rings. The van der Waals surface area contributed by atoms with Crippen molar-refractivity contribution in [3.63, 3.8) is 0 Å². The van der Waals surface area contributed by atoms with Crippen LogP contribution in [0, 0.1) is 5.41 Å². The molecule has 1 unspecified atom stereocenters. The smallest absolute Gasteiger partial charge is 0.334 e. The Bertz CT molecular complexity index is 709. The Hall–Kier alpha value is -2.53. The summed E-state index contributed by atoms with van der Waals surface area (Å²) in [4.78, 5) is 68.3. The molecule has 0 saturated carbocycles. The molecule has 0 aromatic heterocycles. The first kappa shape index (κ1) is 24.7. The van der Waals surface area contributed by atoms with Crippen LogP contribution in [0.3, 0.4) is 0 Å². The molecule has 0 radical (unpaired) electrons. The summed E-state index contributed by atoms with van der Waals surface area (Å²) in [5.41, 5.74) is -0.617. The van der Waals surface area contributed by atoms with Gasteiger partial charge in [0.25, 0.3) is 11.8 Å². The van der Waals surface area contributed by atoms with Crippen molar-refractivity contribution in [1.29, 1.82) is 0 Å². The number of hydrogen-bond acceptors (Lipinski definition) is 8. The van der Waals surface area contributed by atoms with E-state index in [0.29, 0.717) is 5.06 Å². The fraction of sp³-hybridized carbons (Fsp3) is 0.750. The third kappa shape index (κ3) is 6.73. The molecule has 2 N–H and O–H groups in total. The van der Waals surface area contributed by atoms with Gasteiger partial charge in [0.05, 0.1) is 11.8 Å². The number of carbonyl (C=O) groups excluding carboxylic acids is 5. The van der Waals surface area contributed by atoms with Crippen LogP contribution in [0.25, 0.3) is 0 Å². The van der Waals surface area contributed by atoms with Crippen LogP contribution in [-0.2, 0) is 28.8 Å². The van der Waals surface area contributed by atoms with Crippen LogP contribution in [0.5, 0.6) is 0 Å². The Balaban J connectivity index is 1.65. The molecule has 2 aliphatic heterocycles. The Morgan fingerprint density at radius 2 is 1.61 bits per heavy atom. The van der Waals surface area contributed by atoms with Crippen LogP contribution >= 0.6 is 0 Å². The molecule has 0 bridgehead atoms. The molecule has 11 heteroatoms. The van der Waals surface area contributed by atoms with Crippen molar-refractivity contribution in [2.24, 2.45) is 5.41 Å². The summed E-state index contributed by atoms with van der Waals surface area (Å²) < 4.78 is 0. The van der Waals surface area contributed by atoms with Gasteiger partial charge in [0.2, 0.25) is 11.8 Å². The van der Waals surface area contributed by atoms with E-state index in [4.69, 9.17) is 4.84 Å². The lowest BCUT2D eigenvalue weighted by Crippen LogP contribution is -2.60. The lowest BCUT2D eigenvalue weighted by atomic mass is 9.99. The number of nitrogens with zero attached hydrogens (tertiary/aromatic N) is 3. The van der Waals surface area contributed by atoms with Crippen molar-refractivity contribution in [2.75, 3.05) is 46.8 Å². The van der Waals surface area contributed by atoms with Gasteiger partial charge < -0.3 is 20.4 Å². The predicted octanol–water partition coefficient (Wildman–Crippen LogP) is -1.12. The molecule has 2 rings (SSSR count). The fourth-order valence-electron chi connectivity index (χ4n) is 3.66. The van der Waals surface area contributed by atoms with Gasteiger partial charge in [0.1, 0.15) is 0 Å². The average molecular weight is 447 g/mol. The summed E-state index contributed by atoms with van der Waals surface area (Å²) in [5.74, 6) is -2.32. The van der Waals surface area contributed by atoms with E-state index in [1.165, 1.54) is 0 Å². The average Bonchev–Trinajstić information content (AvgIpc) is 3.01. The predicted molar refractivity (Wildman–Crippen MR) is 110 cm³/mol. The van der Waals surface area contributed by atoms with E-state index < -0.39 is 23.2 Å². The largest absolute Gasteiger partial charge is 0.355 e. The minimum Gasteiger partial charge on any atom is -0.355 e. The lowest BCUT2D eigenvalue weighted by molar-refractivity contribution is -0.197. The van der Waals surface area contributed by atoms with Gasteiger partial charge in [-0.25, -0.2) is 4.79 Å². The van der Waals surface area contributed by atoms with Gasteiger partial charge in [0, 0.05) is 58.0 Å². The maximum atomic E-state index is 12.7. The normalized spacial score (nSPS) is 20.6. The number of nitrogens with one attached hydrogen (secondary N) is 2. The molecule has 2 heterocycles. The lowest BCUT2D eigenvalue weighted by Gasteiger charge is -2.45. The Morgan fingerprint density at radius 3 is 2.26 bits per heavy atom. The second-order valence-corrected chi connectivity index (χ2v) is 8.63. The second kappa shape index (κ2) is 10.7. The number of hydroxylamine groups is 2. The third-order valence-corrected chi connectivity index (χ3v) is 5.76. The maximum absolute atomic E-state index is 12.7. The minimum absolute atomic E-state index is 0.00648. The zero-order valence-corrected chi connectivity index (χ0v) is 18.7. The summed E-state index contributed by atoms with van der Waals surface area (Å²) in [7, 11) is 4.05. The van der Waals surface area contributed by atoms with Crippen molar-refractivity contribution >= 4 is 29.6 Å². The van der Waals surface area contributed by atoms with Crippen molar-refractivity contribution in [2.45, 2.75) is 45.6 Å². The highest BCUT2D eigenvalue weighted by Gasteiger charge is 2.41. The van der Waals surface area contributed by atoms with Crippen LogP contribution < -0.4 is 10.6 Å². The molecule has 0 aromatic carbocycles. The van der Waals surface area contributed by atoms with Gasteiger partial charge in [-0.3, -0.25) is 24.1 Å². The number of amides is 4. The standard InChI is InChI=1S/C20H33N5O6/c1-20(2,14-13-23(3)11-12-24(14)4)19(30)22-9-7-15(26)21-10-8-18(29)31-25-16(27)5-6-17(25)28/h14H,5-13H2,1-4H3,(H,21,26)(H,22,30)/i3+1,4+1,8+1,12+1,13+1,14+1,18+1,21+1. The number of likely N-dealkylation sites (N-methyl/N-ethyl adjacent to an activating group) is 2. The number of rotatable bonds is 9. The van der Waals surface area contributed by atoms with Gasteiger partial charge in [-0.1, -0.05) is 0 Å². The summed E-state index contributed by atoms with van der Waals surface area (Å²) in [6.45, 7) is 6.65. The Kier molecular flexibility index (Phi) is 8.52. The molecule has 0 spiro atoms. The van der Waals surface area contributed by atoms with Crippen LogP contribution in [0.15, 0.2) is 0 Å². The molecule has 174 valence electrons. The zero-order valence-electron chi connectivity index (χ0n) is 18.7. The fourth-order valence-corrected chi connectivity index (χ4v) is 3.66. The van der Waals surface area contributed by atoms with E-state index >= 15 is 0 Å². The van der Waals surface area contributed by atoms with Gasteiger partial charge in [-0.15, -0.1) is 5.06 Å². The Labute approximate surface area is 182 Å². The topological polar surface area (TPSA) is 128 Å². The first-order valence-corrected chi connectivity index (χ1v) is 10.5. The number of carbonyl (C=O) groups is 5. The summed E-state index contributed by atoms with van der Waals surface area (Å²) >= 11 is 0. The molecule has 2 fully saturated rings. The highest BCUT2D eigenvalue weighted by Crippen LogP contribution is 2.27. The molecular formula is C20H33N5O6. The molecule has 0 aliphatic carbocycles. The van der Waals surface area contributed by atoms with Crippen molar-refractivity contribution in [1.82, 2.24) is 25.5 Å². The second-order valence-electron chi connectivity index (χ2n) is 8.63. The van der Waals surface area contributed by atoms with Gasteiger partial charge >= 0.3 is 5.97 Å². The summed E-state index contributed by atoms with van der Waals surface area (Å²) in [6.07, 6.45) is -0.0533. The Morgan fingerprint density at radius 1 is 1.00 bits per heavy atom. The minimum atomic E-state index is -0.777. The number of piperazine rings is 1. The van der Waals surface area contributed by atoms with Gasteiger partial charge in [-0.2, -0.15) is 0 Å². The van der Waals surface area contributed by atoms with Crippen LogP contribution in [0.4, 0.5) is 0 Å². The van der Waals surface area contributed by atoms with Crippen molar-refractivity contribution in [3.8, 4) is 0 Å². The quantitative estimate of drug-likeness (QED) is 0.258.